The zero-order valence-corrected chi connectivity index (χ0v) is 12.0. The van der Waals surface area contributed by atoms with Crippen molar-refractivity contribution in [3.63, 3.8) is 0 Å². The molecule has 0 saturated carbocycles. The SMILES string of the molecule is CNS(=O)(=O)OCCC(Br)Cc1ccccc1. The summed E-state index contributed by atoms with van der Waals surface area (Å²) >= 11 is 3.51. The number of alkyl halides is 1. The maximum absolute atomic E-state index is 11.0. The van der Waals surface area contributed by atoms with Crippen molar-refractivity contribution in [2.75, 3.05) is 13.7 Å². The summed E-state index contributed by atoms with van der Waals surface area (Å²) < 4.78 is 28.8. The number of rotatable bonds is 7. The summed E-state index contributed by atoms with van der Waals surface area (Å²) in [6.45, 7) is 0.173. The van der Waals surface area contributed by atoms with Crippen molar-refractivity contribution < 1.29 is 12.6 Å². The van der Waals surface area contributed by atoms with Crippen LogP contribution in [0.25, 0.3) is 0 Å². The van der Waals surface area contributed by atoms with E-state index in [9.17, 15) is 8.42 Å². The molecule has 0 aliphatic carbocycles. The van der Waals surface area contributed by atoms with Crippen LogP contribution in [0.5, 0.6) is 0 Å². The third-order valence-corrected chi connectivity index (χ3v) is 3.98. The highest BCUT2D eigenvalue weighted by Crippen LogP contribution is 2.13. The molecule has 17 heavy (non-hydrogen) atoms. The Kier molecular flexibility index (Phi) is 6.11. The van der Waals surface area contributed by atoms with Gasteiger partial charge in [0.15, 0.2) is 0 Å². The summed E-state index contributed by atoms with van der Waals surface area (Å²) in [6.07, 6.45) is 1.49. The molecule has 1 rings (SSSR count). The van der Waals surface area contributed by atoms with Gasteiger partial charge in [-0.25, -0.2) is 0 Å². The lowest BCUT2D eigenvalue weighted by atomic mass is 10.1. The van der Waals surface area contributed by atoms with Crippen LogP contribution < -0.4 is 4.72 Å². The van der Waals surface area contributed by atoms with Crippen LogP contribution in [0.3, 0.4) is 0 Å². The lowest BCUT2D eigenvalue weighted by molar-refractivity contribution is 0.306. The van der Waals surface area contributed by atoms with Crippen molar-refractivity contribution in [3.05, 3.63) is 35.9 Å². The van der Waals surface area contributed by atoms with E-state index in [2.05, 4.69) is 20.7 Å². The molecule has 0 saturated heterocycles. The van der Waals surface area contributed by atoms with Gasteiger partial charge in [0.25, 0.3) is 0 Å². The lowest BCUT2D eigenvalue weighted by Crippen LogP contribution is -2.22. The van der Waals surface area contributed by atoms with Gasteiger partial charge in [0.2, 0.25) is 0 Å². The topological polar surface area (TPSA) is 55.4 Å². The van der Waals surface area contributed by atoms with Gasteiger partial charge >= 0.3 is 10.3 Å². The van der Waals surface area contributed by atoms with E-state index < -0.39 is 10.3 Å². The van der Waals surface area contributed by atoms with E-state index in [0.29, 0.717) is 6.42 Å². The van der Waals surface area contributed by atoms with Gasteiger partial charge in [0.1, 0.15) is 0 Å². The Morgan fingerprint density at radius 2 is 2.00 bits per heavy atom. The van der Waals surface area contributed by atoms with E-state index in [1.54, 1.807) is 0 Å². The third kappa shape index (κ3) is 6.16. The van der Waals surface area contributed by atoms with Gasteiger partial charge in [-0.2, -0.15) is 13.1 Å². The number of benzene rings is 1. The minimum atomic E-state index is -3.56. The van der Waals surface area contributed by atoms with E-state index >= 15 is 0 Å². The van der Waals surface area contributed by atoms with Crippen LogP contribution >= 0.6 is 15.9 Å². The smallest absolute Gasteiger partial charge is 0.258 e. The van der Waals surface area contributed by atoms with Gasteiger partial charge in [-0.1, -0.05) is 46.3 Å². The zero-order valence-electron chi connectivity index (χ0n) is 9.60. The molecule has 0 spiro atoms. The zero-order chi connectivity index (χ0) is 12.7. The fraction of sp³-hybridized carbons (Fsp3) is 0.455. The van der Waals surface area contributed by atoms with E-state index in [1.807, 2.05) is 30.3 Å². The predicted octanol–water partition coefficient (Wildman–Crippen LogP) is 1.86. The molecular formula is C11H16BrNO3S. The minimum Gasteiger partial charge on any atom is -0.258 e. The second-order valence-electron chi connectivity index (χ2n) is 3.56. The summed E-state index contributed by atoms with van der Waals surface area (Å²) in [4.78, 5) is 0.206. The summed E-state index contributed by atoms with van der Waals surface area (Å²) in [7, 11) is -2.23. The van der Waals surface area contributed by atoms with Crippen LogP contribution in [0, 0.1) is 0 Å². The Balaban J connectivity index is 2.29. The third-order valence-electron chi connectivity index (χ3n) is 2.22. The van der Waals surface area contributed by atoms with Crippen molar-refractivity contribution in [2.24, 2.45) is 0 Å². The van der Waals surface area contributed by atoms with Gasteiger partial charge in [0, 0.05) is 11.9 Å². The molecule has 0 bridgehead atoms. The molecule has 0 amide bonds. The van der Waals surface area contributed by atoms with Gasteiger partial charge in [0.05, 0.1) is 6.61 Å². The lowest BCUT2D eigenvalue weighted by Gasteiger charge is -2.09. The molecule has 1 N–H and O–H groups in total. The first-order chi connectivity index (χ1) is 8.03. The second-order valence-corrected chi connectivity index (χ2v) is 6.40. The van der Waals surface area contributed by atoms with Crippen LogP contribution in [-0.2, 0) is 20.9 Å². The molecule has 4 nitrogen and oxygen atoms in total. The van der Waals surface area contributed by atoms with Crippen LogP contribution in [0.1, 0.15) is 12.0 Å². The second kappa shape index (κ2) is 7.10. The molecule has 1 aromatic rings. The maximum Gasteiger partial charge on any atom is 0.335 e. The van der Waals surface area contributed by atoms with Crippen LogP contribution in [0.4, 0.5) is 0 Å². The maximum atomic E-state index is 11.0. The molecule has 0 aromatic heterocycles. The molecule has 0 radical (unpaired) electrons. The van der Waals surface area contributed by atoms with Crippen molar-refractivity contribution >= 4 is 26.2 Å². The normalized spacial score (nSPS) is 13.5. The van der Waals surface area contributed by atoms with Crippen molar-refractivity contribution in [2.45, 2.75) is 17.7 Å². The first-order valence-corrected chi connectivity index (χ1v) is 7.62. The Hall–Kier alpha value is -0.430. The molecule has 1 atom stereocenters. The fourth-order valence-corrected chi connectivity index (χ4v) is 2.31. The Labute approximate surface area is 111 Å². The van der Waals surface area contributed by atoms with E-state index in [-0.39, 0.29) is 11.4 Å². The van der Waals surface area contributed by atoms with Crippen LogP contribution in [-0.4, -0.2) is 26.9 Å². The summed E-state index contributed by atoms with van der Waals surface area (Å²) in [5.41, 5.74) is 1.21. The number of hydrogen-bond acceptors (Lipinski definition) is 3. The molecule has 1 unspecified atom stereocenters. The molecule has 0 aliphatic rings. The minimum absolute atomic E-state index is 0.173. The average Bonchev–Trinajstić information content (AvgIpc) is 2.30. The van der Waals surface area contributed by atoms with E-state index in [1.165, 1.54) is 12.6 Å². The Morgan fingerprint density at radius 1 is 1.35 bits per heavy atom. The molecular weight excluding hydrogens is 306 g/mol. The van der Waals surface area contributed by atoms with Crippen LogP contribution in [0.2, 0.25) is 0 Å². The highest BCUT2D eigenvalue weighted by atomic mass is 79.9. The van der Waals surface area contributed by atoms with Crippen molar-refractivity contribution in [1.82, 2.24) is 4.72 Å². The summed E-state index contributed by atoms with van der Waals surface area (Å²) in [5.74, 6) is 0. The first-order valence-electron chi connectivity index (χ1n) is 5.29. The van der Waals surface area contributed by atoms with Gasteiger partial charge in [-0.15, -0.1) is 0 Å². The van der Waals surface area contributed by atoms with Crippen LogP contribution in [0.15, 0.2) is 30.3 Å². The number of nitrogens with one attached hydrogen (secondary N) is 1. The van der Waals surface area contributed by atoms with Crippen molar-refractivity contribution in [1.29, 1.82) is 0 Å². The van der Waals surface area contributed by atoms with Gasteiger partial charge in [-0.05, 0) is 18.4 Å². The molecule has 96 valence electrons. The molecule has 6 heteroatoms. The standard InChI is InChI=1S/C11H16BrNO3S/c1-13-17(14,15)16-8-7-11(12)9-10-5-3-2-4-6-10/h2-6,11,13H,7-9H2,1H3. The highest BCUT2D eigenvalue weighted by molar-refractivity contribution is 9.09. The average molecular weight is 322 g/mol. The van der Waals surface area contributed by atoms with Gasteiger partial charge in [-0.3, -0.25) is 4.18 Å². The number of hydrogen-bond donors (Lipinski definition) is 1. The Bertz CT molecular complexity index is 422. The molecule has 0 aliphatic heterocycles. The largest absolute Gasteiger partial charge is 0.335 e. The molecule has 0 fully saturated rings. The molecule has 1 aromatic carbocycles. The fourth-order valence-electron chi connectivity index (χ4n) is 1.32. The van der Waals surface area contributed by atoms with E-state index in [0.717, 1.165) is 6.42 Å². The molecule has 0 heterocycles. The van der Waals surface area contributed by atoms with Crippen molar-refractivity contribution in [3.8, 4) is 0 Å². The Morgan fingerprint density at radius 3 is 2.59 bits per heavy atom. The summed E-state index contributed by atoms with van der Waals surface area (Å²) in [6, 6.07) is 10.0. The number of halogens is 1. The quantitative estimate of drug-likeness (QED) is 0.780. The van der Waals surface area contributed by atoms with E-state index in [4.69, 9.17) is 4.18 Å². The summed E-state index contributed by atoms with van der Waals surface area (Å²) in [5, 5.41) is 0. The first kappa shape index (κ1) is 14.6. The predicted molar refractivity (Wildman–Crippen MR) is 71.4 cm³/mol. The highest BCUT2D eigenvalue weighted by Gasteiger charge is 2.10. The van der Waals surface area contributed by atoms with Gasteiger partial charge < -0.3 is 0 Å². The monoisotopic (exact) mass is 321 g/mol.